The lowest BCUT2D eigenvalue weighted by molar-refractivity contribution is 0.0690. The maximum atomic E-state index is 11.5. The summed E-state index contributed by atoms with van der Waals surface area (Å²) in [5, 5.41) is 18.8. The molecule has 0 aliphatic rings. The van der Waals surface area contributed by atoms with Crippen LogP contribution in [0.3, 0.4) is 0 Å². The molecule has 0 saturated carbocycles. The number of nitrogens with zero attached hydrogens (tertiary/aromatic N) is 3. The van der Waals surface area contributed by atoms with Crippen molar-refractivity contribution in [2.75, 3.05) is 19.3 Å². The molecule has 0 aliphatic carbocycles. The van der Waals surface area contributed by atoms with E-state index in [-0.39, 0.29) is 5.69 Å². The van der Waals surface area contributed by atoms with E-state index in [0.717, 1.165) is 0 Å². The number of nitrogens with one attached hydrogen (secondary N) is 1. The summed E-state index contributed by atoms with van der Waals surface area (Å²) in [4.78, 5) is 10.6. The highest BCUT2D eigenvalue weighted by atomic mass is 32.2. The third kappa shape index (κ3) is 4.28. The summed E-state index contributed by atoms with van der Waals surface area (Å²) in [6.45, 7) is 4.49. The molecule has 1 aromatic rings. The molecule has 0 aliphatic heterocycles. The Morgan fingerprint density at radius 3 is 2.63 bits per heavy atom. The molecule has 0 aromatic carbocycles. The molecule has 0 spiro atoms. The van der Waals surface area contributed by atoms with Crippen molar-refractivity contribution in [1.29, 1.82) is 0 Å². The van der Waals surface area contributed by atoms with Crippen molar-refractivity contribution in [3.8, 4) is 0 Å². The Bertz CT molecular complexity index is 550. The predicted octanol–water partition coefficient (Wildman–Crippen LogP) is -0.611. The number of rotatable bonds is 7. The van der Waals surface area contributed by atoms with Gasteiger partial charge in [0.15, 0.2) is 15.5 Å². The first-order valence-electron chi connectivity index (χ1n) is 5.67. The standard InChI is InChI=1S/C10H18N4O4S/c1-10(2,19(3,17)18)7-11-4-5-14-6-8(9(15)16)12-13-14/h6,11H,4-5,7H2,1-3H3,(H,15,16). The van der Waals surface area contributed by atoms with E-state index in [0.29, 0.717) is 19.6 Å². The Balaban J connectivity index is 2.41. The van der Waals surface area contributed by atoms with E-state index in [2.05, 4.69) is 15.6 Å². The second-order valence-corrected chi connectivity index (χ2v) is 7.53. The lowest BCUT2D eigenvalue weighted by Crippen LogP contribution is -2.42. The van der Waals surface area contributed by atoms with Crippen LogP contribution < -0.4 is 5.32 Å². The molecular weight excluding hydrogens is 272 g/mol. The second kappa shape index (κ2) is 5.66. The summed E-state index contributed by atoms with van der Waals surface area (Å²) in [7, 11) is -3.13. The van der Waals surface area contributed by atoms with Gasteiger partial charge in [-0.1, -0.05) is 5.21 Å². The molecule has 0 fully saturated rings. The Labute approximate surface area is 111 Å². The van der Waals surface area contributed by atoms with Crippen molar-refractivity contribution in [2.45, 2.75) is 25.1 Å². The van der Waals surface area contributed by atoms with E-state index in [1.165, 1.54) is 17.1 Å². The molecule has 19 heavy (non-hydrogen) atoms. The molecule has 0 radical (unpaired) electrons. The van der Waals surface area contributed by atoms with Gasteiger partial charge in [0.05, 0.1) is 17.5 Å². The van der Waals surface area contributed by atoms with Gasteiger partial charge in [0.1, 0.15) is 0 Å². The highest BCUT2D eigenvalue weighted by Gasteiger charge is 2.29. The molecule has 108 valence electrons. The normalized spacial score (nSPS) is 12.6. The minimum Gasteiger partial charge on any atom is -0.476 e. The Hall–Kier alpha value is -1.48. The van der Waals surface area contributed by atoms with Crippen LogP contribution in [0.15, 0.2) is 6.20 Å². The first-order chi connectivity index (χ1) is 8.63. The van der Waals surface area contributed by atoms with E-state index in [1.807, 2.05) is 0 Å². The quantitative estimate of drug-likeness (QED) is 0.644. The zero-order chi connectivity index (χ0) is 14.7. The van der Waals surface area contributed by atoms with Crippen molar-refractivity contribution < 1.29 is 18.3 Å². The minimum absolute atomic E-state index is 0.114. The summed E-state index contributed by atoms with van der Waals surface area (Å²) < 4.78 is 23.5. The van der Waals surface area contributed by atoms with Crippen LogP contribution in [-0.2, 0) is 16.4 Å². The predicted molar refractivity (Wildman–Crippen MR) is 68.8 cm³/mol. The van der Waals surface area contributed by atoms with Crippen molar-refractivity contribution in [3.63, 3.8) is 0 Å². The lowest BCUT2D eigenvalue weighted by Gasteiger charge is -2.22. The van der Waals surface area contributed by atoms with Gasteiger partial charge in [0.25, 0.3) is 0 Å². The van der Waals surface area contributed by atoms with Crippen molar-refractivity contribution in [1.82, 2.24) is 20.3 Å². The van der Waals surface area contributed by atoms with Crippen LogP contribution in [0.25, 0.3) is 0 Å². The topological polar surface area (TPSA) is 114 Å². The van der Waals surface area contributed by atoms with Crippen LogP contribution in [-0.4, -0.2) is 58.6 Å². The monoisotopic (exact) mass is 290 g/mol. The van der Waals surface area contributed by atoms with E-state index >= 15 is 0 Å². The van der Waals surface area contributed by atoms with Gasteiger partial charge < -0.3 is 10.4 Å². The van der Waals surface area contributed by atoms with E-state index < -0.39 is 20.6 Å². The summed E-state index contributed by atoms with van der Waals surface area (Å²) in [5.41, 5.74) is -0.114. The zero-order valence-corrected chi connectivity index (χ0v) is 11.9. The molecular formula is C10H18N4O4S. The maximum Gasteiger partial charge on any atom is 0.358 e. The van der Waals surface area contributed by atoms with Crippen LogP contribution in [0.4, 0.5) is 0 Å². The third-order valence-electron chi connectivity index (χ3n) is 2.83. The van der Waals surface area contributed by atoms with Gasteiger partial charge in [0.2, 0.25) is 0 Å². The molecule has 0 unspecified atom stereocenters. The molecule has 1 heterocycles. The summed E-state index contributed by atoms with van der Waals surface area (Å²) in [5.74, 6) is -1.13. The Morgan fingerprint density at radius 2 is 2.16 bits per heavy atom. The molecule has 2 N–H and O–H groups in total. The molecule has 0 atom stereocenters. The maximum absolute atomic E-state index is 11.5. The van der Waals surface area contributed by atoms with E-state index in [4.69, 9.17) is 5.11 Å². The minimum atomic E-state index is -3.13. The largest absolute Gasteiger partial charge is 0.476 e. The van der Waals surface area contributed by atoms with E-state index in [1.54, 1.807) is 13.8 Å². The Morgan fingerprint density at radius 1 is 1.53 bits per heavy atom. The second-order valence-electron chi connectivity index (χ2n) is 4.88. The zero-order valence-electron chi connectivity index (χ0n) is 11.1. The fraction of sp³-hybridized carbons (Fsp3) is 0.700. The van der Waals surface area contributed by atoms with Gasteiger partial charge in [-0.2, -0.15) is 0 Å². The molecule has 1 aromatic heterocycles. The highest BCUT2D eigenvalue weighted by molar-refractivity contribution is 7.92. The molecule has 9 heteroatoms. The van der Waals surface area contributed by atoms with Gasteiger partial charge in [-0.3, -0.25) is 4.68 Å². The number of carboxylic acids is 1. The van der Waals surface area contributed by atoms with Gasteiger partial charge >= 0.3 is 5.97 Å². The Kier molecular flexibility index (Phi) is 4.64. The first-order valence-corrected chi connectivity index (χ1v) is 7.56. The molecule has 8 nitrogen and oxygen atoms in total. The number of carbonyl (C=O) groups is 1. The van der Waals surface area contributed by atoms with Gasteiger partial charge in [-0.05, 0) is 13.8 Å². The summed E-state index contributed by atoms with van der Waals surface area (Å²) >= 11 is 0. The average molecular weight is 290 g/mol. The van der Waals surface area contributed by atoms with Crippen molar-refractivity contribution in [2.24, 2.45) is 0 Å². The lowest BCUT2D eigenvalue weighted by atomic mass is 10.2. The average Bonchev–Trinajstić information content (AvgIpc) is 2.71. The molecule has 0 amide bonds. The number of hydrogen-bond donors (Lipinski definition) is 2. The van der Waals surface area contributed by atoms with Crippen molar-refractivity contribution in [3.05, 3.63) is 11.9 Å². The van der Waals surface area contributed by atoms with Gasteiger partial charge in [-0.25, -0.2) is 13.2 Å². The molecule has 1 rings (SSSR count). The SMILES string of the molecule is CC(C)(CNCCn1cc(C(=O)O)nn1)S(C)(=O)=O. The summed E-state index contributed by atoms with van der Waals surface area (Å²) in [6, 6.07) is 0. The fourth-order valence-corrected chi connectivity index (χ4v) is 1.58. The number of aromatic carboxylic acids is 1. The van der Waals surface area contributed by atoms with Crippen LogP contribution >= 0.6 is 0 Å². The molecule has 0 saturated heterocycles. The smallest absolute Gasteiger partial charge is 0.358 e. The summed E-state index contributed by atoms with van der Waals surface area (Å²) in [6.07, 6.45) is 2.52. The van der Waals surface area contributed by atoms with Crippen LogP contribution in [0.2, 0.25) is 0 Å². The van der Waals surface area contributed by atoms with E-state index in [9.17, 15) is 13.2 Å². The number of hydrogen-bond acceptors (Lipinski definition) is 6. The first kappa shape index (κ1) is 15.6. The van der Waals surface area contributed by atoms with Crippen LogP contribution in [0.1, 0.15) is 24.3 Å². The van der Waals surface area contributed by atoms with Gasteiger partial charge in [-0.15, -0.1) is 5.10 Å². The van der Waals surface area contributed by atoms with Crippen LogP contribution in [0, 0.1) is 0 Å². The fourth-order valence-electron chi connectivity index (χ4n) is 1.22. The molecule has 0 bridgehead atoms. The number of aromatic nitrogens is 3. The third-order valence-corrected chi connectivity index (χ3v) is 4.98. The van der Waals surface area contributed by atoms with Crippen LogP contribution in [0.5, 0.6) is 0 Å². The van der Waals surface area contributed by atoms with Crippen molar-refractivity contribution >= 4 is 15.8 Å². The van der Waals surface area contributed by atoms with Gasteiger partial charge in [0, 0.05) is 19.3 Å². The highest BCUT2D eigenvalue weighted by Crippen LogP contribution is 2.13. The number of sulfone groups is 1. The number of carboxylic acid groups (broad SMARTS) is 1.